The Kier molecular flexibility index (Phi) is 5.94. The number of carbonyl (C=O) groups is 1. The fourth-order valence-corrected chi connectivity index (χ4v) is 4.19. The van der Waals surface area contributed by atoms with Crippen LogP contribution in [0.4, 0.5) is 5.82 Å². The molecule has 2 aromatic rings. The van der Waals surface area contributed by atoms with E-state index in [-0.39, 0.29) is 12.1 Å². The summed E-state index contributed by atoms with van der Waals surface area (Å²) >= 11 is 1.86. The Bertz CT molecular complexity index is 753. The van der Waals surface area contributed by atoms with Crippen molar-refractivity contribution in [1.29, 1.82) is 0 Å². The summed E-state index contributed by atoms with van der Waals surface area (Å²) in [5.41, 5.74) is 1.91. The van der Waals surface area contributed by atoms with Gasteiger partial charge in [0.25, 0.3) is 0 Å². The highest BCUT2D eigenvalue weighted by molar-refractivity contribution is 7.12. The number of pyridine rings is 1. The van der Waals surface area contributed by atoms with Gasteiger partial charge in [0.05, 0.1) is 6.10 Å². The molecule has 1 aliphatic rings. The molecule has 3 rings (SSSR count). The summed E-state index contributed by atoms with van der Waals surface area (Å²) in [6.07, 6.45) is 2.64. The molecule has 1 saturated heterocycles. The van der Waals surface area contributed by atoms with Crippen LogP contribution in [-0.4, -0.2) is 36.2 Å². The normalized spacial score (nSPS) is 17.1. The molecular formula is C20H27N3O2S. The minimum atomic E-state index is -0.302. The highest BCUT2D eigenvalue weighted by Gasteiger charge is 2.27. The largest absolute Gasteiger partial charge is 0.459 e. The van der Waals surface area contributed by atoms with E-state index in [2.05, 4.69) is 35.1 Å². The van der Waals surface area contributed by atoms with E-state index in [1.807, 2.05) is 25.2 Å². The first kappa shape index (κ1) is 18.9. The number of nitrogens with zero attached hydrogens (tertiary/aromatic N) is 2. The van der Waals surface area contributed by atoms with Gasteiger partial charge in [0.2, 0.25) is 0 Å². The lowest BCUT2D eigenvalue weighted by Gasteiger charge is -2.20. The van der Waals surface area contributed by atoms with Gasteiger partial charge in [0, 0.05) is 41.6 Å². The van der Waals surface area contributed by atoms with Crippen LogP contribution in [0.2, 0.25) is 0 Å². The first-order valence-electron chi connectivity index (χ1n) is 9.14. The highest BCUT2D eigenvalue weighted by atomic mass is 32.1. The monoisotopic (exact) mass is 373 g/mol. The lowest BCUT2D eigenvalue weighted by atomic mass is 10.2. The van der Waals surface area contributed by atoms with Crippen molar-refractivity contribution < 1.29 is 9.53 Å². The van der Waals surface area contributed by atoms with Crippen molar-refractivity contribution in [2.75, 3.05) is 18.0 Å². The molecule has 0 aromatic carbocycles. The number of aromatic nitrogens is 1. The minimum absolute atomic E-state index is 0.138. The van der Waals surface area contributed by atoms with E-state index in [1.54, 1.807) is 18.3 Å². The standard InChI is InChI=1S/C20H27N3O2S/c1-13(2)25-20(24)18-6-5-8-21-19(18)23-9-7-16(12-23)22-11-17-10-14(3)15(4)26-17/h5-6,8,10,13,16,22H,7,9,11-12H2,1-4H3. The predicted molar refractivity (Wildman–Crippen MR) is 106 cm³/mol. The maximum Gasteiger partial charge on any atom is 0.342 e. The summed E-state index contributed by atoms with van der Waals surface area (Å²) in [6, 6.07) is 6.24. The molecule has 2 aromatic heterocycles. The zero-order chi connectivity index (χ0) is 18.7. The average Bonchev–Trinajstić information content (AvgIpc) is 3.19. The summed E-state index contributed by atoms with van der Waals surface area (Å²) in [6.45, 7) is 10.7. The molecule has 1 fully saturated rings. The molecular weight excluding hydrogens is 346 g/mol. The van der Waals surface area contributed by atoms with Crippen molar-refractivity contribution in [3.8, 4) is 0 Å². The number of esters is 1. The number of thiophene rings is 1. The predicted octanol–water partition coefficient (Wildman–Crippen LogP) is 3.69. The molecule has 0 aliphatic carbocycles. The molecule has 1 unspecified atom stereocenters. The summed E-state index contributed by atoms with van der Waals surface area (Å²) in [4.78, 5) is 21.8. The Hall–Kier alpha value is -1.92. The van der Waals surface area contributed by atoms with E-state index in [0.29, 0.717) is 11.6 Å². The van der Waals surface area contributed by atoms with Gasteiger partial charge in [0.1, 0.15) is 11.4 Å². The van der Waals surface area contributed by atoms with Crippen LogP contribution in [0.25, 0.3) is 0 Å². The van der Waals surface area contributed by atoms with Crippen molar-refractivity contribution >= 4 is 23.1 Å². The number of hydrogen-bond acceptors (Lipinski definition) is 6. The average molecular weight is 374 g/mol. The second-order valence-corrected chi connectivity index (χ2v) is 8.43. The summed E-state index contributed by atoms with van der Waals surface area (Å²) in [5.74, 6) is 0.425. The van der Waals surface area contributed by atoms with Crippen molar-refractivity contribution in [3.63, 3.8) is 0 Å². The molecule has 3 heterocycles. The summed E-state index contributed by atoms with van der Waals surface area (Å²) in [7, 11) is 0. The first-order valence-corrected chi connectivity index (χ1v) is 9.96. The van der Waals surface area contributed by atoms with Crippen molar-refractivity contribution in [2.45, 2.75) is 52.8 Å². The third kappa shape index (κ3) is 4.43. The van der Waals surface area contributed by atoms with Crippen LogP contribution < -0.4 is 10.2 Å². The number of anilines is 1. The maximum atomic E-state index is 12.4. The van der Waals surface area contributed by atoms with Gasteiger partial charge >= 0.3 is 5.97 Å². The number of ether oxygens (including phenoxy) is 1. The molecule has 6 heteroatoms. The Morgan fingerprint density at radius 2 is 2.27 bits per heavy atom. The van der Waals surface area contributed by atoms with Gasteiger partial charge in [-0.05, 0) is 57.9 Å². The van der Waals surface area contributed by atoms with Crippen LogP contribution in [0, 0.1) is 13.8 Å². The second kappa shape index (κ2) is 8.18. The smallest absolute Gasteiger partial charge is 0.342 e. The Labute approximate surface area is 159 Å². The topological polar surface area (TPSA) is 54.5 Å². The molecule has 0 spiro atoms. The van der Waals surface area contributed by atoms with E-state index in [1.165, 1.54) is 15.3 Å². The lowest BCUT2D eigenvalue weighted by Crippen LogP contribution is -2.32. The molecule has 5 nitrogen and oxygen atoms in total. The molecule has 140 valence electrons. The van der Waals surface area contributed by atoms with Gasteiger partial charge < -0.3 is 15.0 Å². The number of hydrogen-bond donors (Lipinski definition) is 1. The van der Waals surface area contributed by atoms with Gasteiger partial charge in [-0.1, -0.05) is 0 Å². The molecule has 26 heavy (non-hydrogen) atoms. The maximum absolute atomic E-state index is 12.4. The molecule has 0 saturated carbocycles. The Balaban J connectivity index is 1.62. The van der Waals surface area contributed by atoms with Crippen LogP contribution in [0.1, 0.15) is 45.9 Å². The Morgan fingerprint density at radius 3 is 2.96 bits per heavy atom. The van der Waals surface area contributed by atoms with Crippen LogP contribution in [0.5, 0.6) is 0 Å². The number of rotatable bonds is 6. The Morgan fingerprint density at radius 1 is 1.46 bits per heavy atom. The van der Waals surface area contributed by atoms with E-state index in [4.69, 9.17) is 4.74 Å². The molecule has 1 aliphatic heterocycles. The zero-order valence-electron chi connectivity index (χ0n) is 15.9. The zero-order valence-corrected chi connectivity index (χ0v) is 16.7. The first-order chi connectivity index (χ1) is 12.4. The SMILES string of the molecule is Cc1cc(CNC2CCN(c3ncccc3C(=O)OC(C)C)C2)sc1C. The summed E-state index contributed by atoms with van der Waals surface area (Å²) < 4.78 is 5.36. The van der Waals surface area contributed by atoms with Crippen molar-refractivity contribution in [1.82, 2.24) is 10.3 Å². The fourth-order valence-electron chi connectivity index (χ4n) is 3.19. The molecule has 1 N–H and O–H groups in total. The van der Waals surface area contributed by atoms with E-state index in [9.17, 15) is 4.79 Å². The highest BCUT2D eigenvalue weighted by Crippen LogP contribution is 2.24. The number of nitrogens with one attached hydrogen (secondary N) is 1. The molecule has 1 atom stereocenters. The van der Waals surface area contributed by atoms with Gasteiger partial charge in [0.15, 0.2) is 0 Å². The van der Waals surface area contributed by atoms with Gasteiger partial charge in [-0.2, -0.15) is 0 Å². The van der Waals surface area contributed by atoms with Crippen LogP contribution in [0.15, 0.2) is 24.4 Å². The van der Waals surface area contributed by atoms with Crippen molar-refractivity contribution in [2.24, 2.45) is 0 Å². The van der Waals surface area contributed by atoms with Gasteiger partial charge in [-0.25, -0.2) is 9.78 Å². The van der Waals surface area contributed by atoms with Gasteiger partial charge in [-0.15, -0.1) is 11.3 Å². The third-order valence-electron chi connectivity index (χ3n) is 4.62. The van der Waals surface area contributed by atoms with E-state index in [0.717, 1.165) is 31.9 Å². The molecule has 0 amide bonds. The molecule has 0 radical (unpaired) electrons. The van der Waals surface area contributed by atoms with E-state index >= 15 is 0 Å². The fraction of sp³-hybridized carbons (Fsp3) is 0.500. The minimum Gasteiger partial charge on any atom is -0.459 e. The number of aryl methyl sites for hydroxylation is 2. The number of carbonyl (C=O) groups excluding carboxylic acids is 1. The van der Waals surface area contributed by atoms with Crippen LogP contribution >= 0.6 is 11.3 Å². The van der Waals surface area contributed by atoms with Gasteiger partial charge in [-0.3, -0.25) is 0 Å². The second-order valence-electron chi connectivity index (χ2n) is 7.09. The van der Waals surface area contributed by atoms with Crippen molar-refractivity contribution in [3.05, 3.63) is 45.3 Å². The quantitative estimate of drug-likeness (QED) is 0.783. The third-order valence-corrected chi connectivity index (χ3v) is 5.77. The lowest BCUT2D eigenvalue weighted by molar-refractivity contribution is 0.0378. The summed E-state index contributed by atoms with van der Waals surface area (Å²) in [5, 5.41) is 3.64. The van der Waals surface area contributed by atoms with E-state index < -0.39 is 0 Å². The molecule has 0 bridgehead atoms. The van der Waals surface area contributed by atoms with Crippen LogP contribution in [-0.2, 0) is 11.3 Å². The van der Waals surface area contributed by atoms with Crippen LogP contribution in [0.3, 0.4) is 0 Å².